The predicted molar refractivity (Wildman–Crippen MR) is 66.2 cm³/mol. The molecule has 18 heavy (non-hydrogen) atoms. The first-order valence-corrected chi connectivity index (χ1v) is 5.96. The van der Waals surface area contributed by atoms with Crippen molar-refractivity contribution in [2.75, 3.05) is 18.0 Å². The summed E-state index contributed by atoms with van der Waals surface area (Å²) in [5.41, 5.74) is 1.31. The molecule has 3 rings (SSSR count). The number of hydrogen-bond acceptors (Lipinski definition) is 5. The van der Waals surface area contributed by atoms with Crippen LogP contribution in [0.5, 0.6) is 0 Å². The molecular formula is C12H14N4O2. The molecule has 0 saturated carbocycles. The number of carbonyl (C=O) groups is 1. The van der Waals surface area contributed by atoms with E-state index in [1.807, 2.05) is 17.0 Å². The van der Waals surface area contributed by atoms with E-state index in [1.54, 1.807) is 6.20 Å². The number of carbonyl (C=O) groups excluding carboxylic acids is 1. The van der Waals surface area contributed by atoms with Crippen LogP contribution in [0.25, 0.3) is 11.2 Å². The molecule has 1 aliphatic rings. The van der Waals surface area contributed by atoms with Gasteiger partial charge in [0.15, 0.2) is 5.58 Å². The summed E-state index contributed by atoms with van der Waals surface area (Å²) in [6.45, 7) is 3.09. The second kappa shape index (κ2) is 4.29. The van der Waals surface area contributed by atoms with Gasteiger partial charge in [0, 0.05) is 32.3 Å². The van der Waals surface area contributed by atoms with Gasteiger partial charge in [0.25, 0.3) is 6.01 Å². The number of nitrogens with one attached hydrogen (secondary N) is 1. The molecule has 1 unspecified atom stereocenters. The van der Waals surface area contributed by atoms with Gasteiger partial charge in [0.1, 0.15) is 0 Å². The van der Waals surface area contributed by atoms with Gasteiger partial charge < -0.3 is 14.6 Å². The first-order valence-electron chi connectivity index (χ1n) is 5.96. The van der Waals surface area contributed by atoms with Crippen molar-refractivity contribution < 1.29 is 9.21 Å². The van der Waals surface area contributed by atoms with E-state index in [-0.39, 0.29) is 11.9 Å². The van der Waals surface area contributed by atoms with Crippen molar-refractivity contribution in [2.24, 2.45) is 0 Å². The van der Waals surface area contributed by atoms with Gasteiger partial charge in [-0.15, -0.1) is 0 Å². The minimum absolute atomic E-state index is 0.00100. The van der Waals surface area contributed by atoms with Crippen LogP contribution in [0, 0.1) is 0 Å². The summed E-state index contributed by atoms with van der Waals surface area (Å²) in [6, 6.07) is 4.42. The van der Waals surface area contributed by atoms with E-state index in [0.29, 0.717) is 17.2 Å². The molecule has 0 aromatic carbocycles. The average Bonchev–Trinajstić information content (AvgIpc) is 2.93. The Labute approximate surface area is 104 Å². The normalized spacial score (nSPS) is 19.4. The Morgan fingerprint density at radius 2 is 2.50 bits per heavy atom. The zero-order valence-electron chi connectivity index (χ0n) is 10.1. The maximum atomic E-state index is 11.0. The van der Waals surface area contributed by atoms with Crippen LogP contribution in [0.2, 0.25) is 0 Å². The monoisotopic (exact) mass is 246 g/mol. The van der Waals surface area contributed by atoms with Gasteiger partial charge in [-0.1, -0.05) is 0 Å². The van der Waals surface area contributed by atoms with Crippen LogP contribution >= 0.6 is 0 Å². The van der Waals surface area contributed by atoms with Gasteiger partial charge in [-0.25, -0.2) is 4.98 Å². The van der Waals surface area contributed by atoms with Crippen LogP contribution in [-0.2, 0) is 4.79 Å². The van der Waals surface area contributed by atoms with Crippen LogP contribution in [0.1, 0.15) is 13.3 Å². The second-order valence-electron chi connectivity index (χ2n) is 4.45. The fraction of sp³-hybridized carbons (Fsp3) is 0.417. The summed E-state index contributed by atoms with van der Waals surface area (Å²) < 4.78 is 5.64. The predicted octanol–water partition coefficient (Wildman–Crippen LogP) is 0.938. The Balaban J connectivity index is 1.77. The smallest absolute Gasteiger partial charge is 0.300 e. The van der Waals surface area contributed by atoms with Crippen LogP contribution in [0.3, 0.4) is 0 Å². The molecular weight excluding hydrogens is 232 g/mol. The van der Waals surface area contributed by atoms with Crippen molar-refractivity contribution in [3.63, 3.8) is 0 Å². The molecule has 1 amide bonds. The molecule has 6 nitrogen and oxygen atoms in total. The van der Waals surface area contributed by atoms with Crippen LogP contribution in [0.4, 0.5) is 6.01 Å². The van der Waals surface area contributed by atoms with Gasteiger partial charge in [0.05, 0.1) is 0 Å². The summed E-state index contributed by atoms with van der Waals surface area (Å²) in [6.07, 6.45) is 2.60. The molecule has 0 aliphatic carbocycles. The van der Waals surface area contributed by atoms with Gasteiger partial charge in [-0.2, -0.15) is 4.98 Å². The highest BCUT2D eigenvalue weighted by Gasteiger charge is 2.26. The highest BCUT2D eigenvalue weighted by Crippen LogP contribution is 2.23. The van der Waals surface area contributed by atoms with Crippen molar-refractivity contribution in [2.45, 2.75) is 19.4 Å². The highest BCUT2D eigenvalue weighted by atomic mass is 16.4. The van der Waals surface area contributed by atoms with E-state index in [2.05, 4.69) is 15.3 Å². The molecule has 1 N–H and O–H groups in total. The van der Waals surface area contributed by atoms with Gasteiger partial charge in [0.2, 0.25) is 11.6 Å². The molecule has 1 fully saturated rings. The van der Waals surface area contributed by atoms with Gasteiger partial charge in [-0.3, -0.25) is 4.79 Å². The second-order valence-corrected chi connectivity index (χ2v) is 4.45. The lowest BCUT2D eigenvalue weighted by Crippen LogP contribution is -2.35. The first-order chi connectivity index (χ1) is 8.72. The summed E-state index contributed by atoms with van der Waals surface area (Å²) in [7, 11) is 0. The minimum Gasteiger partial charge on any atom is -0.422 e. The standard InChI is InChI=1S/C12H14N4O2/c1-8(17)14-9-4-6-16(7-9)12-15-11-10(18-12)3-2-5-13-11/h2-3,5,9H,4,6-7H2,1H3,(H,14,17). The fourth-order valence-corrected chi connectivity index (χ4v) is 2.23. The molecule has 94 valence electrons. The average molecular weight is 246 g/mol. The Morgan fingerprint density at radius 1 is 1.61 bits per heavy atom. The number of anilines is 1. The Hall–Kier alpha value is -2.11. The van der Waals surface area contributed by atoms with E-state index in [1.165, 1.54) is 6.92 Å². The Kier molecular flexibility index (Phi) is 2.62. The number of amides is 1. The van der Waals surface area contributed by atoms with Crippen LogP contribution in [0.15, 0.2) is 22.7 Å². The van der Waals surface area contributed by atoms with Crippen molar-refractivity contribution in [1.82, 2.24) is 15.3 Å². The summed E-state index contributed by atoms with van der Waals surface area (Å²) in [5.74, 6) is 0.00100. The SMILES string of the molecule is CC(=O)NC1CCN(c2nc3ncccc3o2)C1. The third-order valence-electron chi connectivity index (χ3n) is 3.02. The third kappa shape index (κ3) is 2.01. The number of aromatic nitrogens is 2. The maximum absolute atomic E-state index is 11.0. The van der Waals surface area contributed by atoms with E-state index in [0.717, 1.165) is 19.5 Å². The van der Waals surface area contributed by atoms with Crippen LogP contribution < -0.4 is 10.2 Å². The van der Waals surface area contributed by atoms with E-state index < -0.39 is 0 Å². The Morgan fingerprint density at radius 3 is 3.28 bits per heavy atom. The maximum Gasteiger partial charge on any atom is 0.300 e. The molecule has 1 saturated heterocycles. The third-order valence-corrected chi connectivity index (χ3v) is 3.02. The van der Waals surface area contributed by atoms with E-state index >= 15 is 0 Å². The summed E-state index contributed by atoms with van der Waals surface area (Å²) in [4.78, 5) is 21.5. The van der Waals surface area contributed by atoms with Crippen molar-refractivity contribution in [3.8, 4) is 0 Å². The first kappa shape index (κ1) is 11.0. The lowest BCUT2D eigenvalue weighted by atomic mass is 10.3. The lowest BCUT2D eigenvalue weighted by Gasteiger charge is -2.13. The molecule has 0 radical (unpaired) electrons. The lowest BCUT2D eigenvalue weighted by molar-refractivity contribution is -0.119. The number of rotatable bonds is 2. The zero-order chi connectivity index (χ0) is 12.5. The molecule has 2 aromatic heterocycles. The molecule has 0 bridgehead atoms. The van der Waals surface area contributed by atoms with Crippen molar-refractivity contribution in [3.05, 3.63) is 18.3 Å². The molecule has 0 spiro atoms. The van der Waals surface area contributed by atoms with Crippen molar-refractivity contribution in [1.29, 1.82) is 0 Å². The zero-order valence-corrected chi connectivity index (χ0v) is 10.1. The van der Waals surface area contributed by atoms with Gasteiger partial charge >= 0.3 is 0 Å². The van der Waals surface area contributed by atoms with Crippen LogP contribution in [-0.4, -0.2) is 35.0 Å². The number of pyridine rings is 1. The highest BCUT2D eigenvalue weighted by molar-refractivity contribution is 5.73. The molecule has 2 aromatic rings. The Bertz CT molecular complexity index is 547. The van der Waals surface area contributed by atoms with Gasteiger partial charge in [-0.05, 0) is 18.6 Å². The minimum atomic E-state index is 0.00100. The topological polar surface area (TPSA) is 71.3 Å². The molecule has 3 heterocycles. The number of hydrogen-bond donors (Lipinski definition) is 1. The number of fused-ring (bicyclic) bond motifs is 1. The van der Waals surface area contributed by atoms with E-state index in [4.69, 9.17) is 4.42 Å². The summed E-state index contributed by atoms with van der Waals surface area (Å²) in [5, 5.41) is 2.91. The molecule has 6 heteroatoms. The number of oxazole rings is 1. The van der Waals surface area contributed by atoms with Crippen molar-refractivity contribution >= 4 is 23.2 Å². The number of nitrogens with zero attached hydrogens (tertiary/aromatic N) is 3. The molecule has 1 aliphatic heterocycles. The molecule has 1 atom stereocenters. The largest absolute Gasteiger partial charge is 0.422 e. The summed E-state index contributed by atoms with van der Waals surface area (Å²) >= 11 is 0. The quantitative estimate of drug-likeness (QED) is 0.853. The van der Waals surface area contributed by atoms with E-state index in [9.17, 15) is 4.79 Å². The fourth-order valence-electron chi connectivity index (χ4n) is 2.23.